The van der Waals surface area contributed by atoms with Gasteiger partial charge in [-0.1, -0.05) is 13.3 Å². The summed E-state index contributed by atoms with van der Waals surface area (Å²) in [6.07, 6.45) is 3.74. The van der Waals surface area contributed by atoms with E-state index in [0.717, 1.165) is 18.8 Å². The molecule has 1 saturated heterocycles. The van der Waals surface area contributed by atoms with E-state index in [0.29, 0.717) is 12.1 Å². The molecule has 0 aromatic carbocycles. The molecule has 12 heavy (non-hydrogen) atoms. The molecule has 2 N–H and O–H groups in total. The molecule has 0 radical (unpaired) electrons. The lowest BCUT2D eigenvalue weighted by atomic mass is 10.1. The molecule has 0 spiro atoms. The molecule has 1 rings (SSSR count). The molecule has 0 aliphatic carbocycles. The third-order valence-electron chi connectivity index (χ3n) is 2.37. The highest BCUT2D eigenvalue weighted by Crippen LogP contribution is 2.04. The Hall–Kier alpha value is 0.270. The van der Waals surface area contributed by atoms with Crippen molar-refractivity contribution < 1.29 is 0 Å². The summed E-state index contributed by atoms with van der Waals surface area (Å²) in [5.41, 5.74) is 0. The lowest BCUT2D eigenvalue weighted by Crippen LogP contribution is -2.54. The van der Waals surface area contributed by atoms with Crippen LogP contribution in [0, 0.1) is 0 Å². The minimum Gasteiger partial charge on any atom is -0.314 e. The van der Waals surface area contributed by atoms with Gasteiger partial charge in [0.2, 0.25) is 0 Å². The van der Waals surface area contributed by atoms with Gasteiger partial charge in [0, 0.05) is 25.2 Å². The number of hydrogen-bond donors (Lipinski definition) is 3. The Bertz CT molecular complexity index is 103. The van der Waals surface area contributed by atoms with E-state index in [9.17, 15) is 0 Å². The molecule has 0 bridgehead atoms. The van der Waals surface area contributed by atoms with Crippen molar-refractivity contribution in [1.82, 2.24) is 10.6 Å². The van der Waals surface area contributed by atoms with Crippen molar-refractivity contribution in [2.75, 3.05) is 18.8 Å². The maximum absolute atomic E-state index is 4.24. The van der Waals surface area contributed by atoms with Crippen molar-refractivity contribution in [1.29, 1.82) is 0 Å². The number of rotatable bonds is 4. The third-order valence-corrected chi connectivity index (χ3v) is 2.63. The maximum atomic E-state index is 4.24. The first-order chi connectivity index (χ1) is 5.86. The quantitative estimate of drug-likeness (QED) is 0.574. The SMILES string of the molecule is CCC[C@H]1CNCC(CCS)N1. The molecule has 2 atom stereocenters. The first kappa shape index (κ1) is 10.4. The van der Waals surface area contributed by atoms with Crippen molar-refractivity contribution in [2.24, 2.45) is 0 Å². The van der Waals surface area contributed by atoms with E-state index in [1.807, 2.05) is 0 Å². The van der Waals surface area contributed by atoms with Gasteiger partial charge in [0.15, 0.2) is 0 Å². The van der Waals surface area contributed by atoms with Gasteiger partial charge in [-0.2, -0.15) is 12.6 Å². The van der Waals surface area contributed by atoms with Crippen LogP contribution in [0.2, 0.25) is 0 Å². The fourth-order valence-corrected chi connectivity index (χ4v) is 2.07. The highest BCUT2D eigenvalue weighted by atomic mass is 32.1. The van der Waals surface area contributed by atoms with Crippen LogP contribution < -0.4 is 10.6 Å². The van der Waals surface area contributed by atoms with E-state index >= 15 is 0 Å². The number of piperazine rings is 1. The zero-order valence-corrected chi connectivity index (χ0v) is 8.74. The molecule has 2 nitrogen and oxygen atoms in total. The van der Waals surface area contributed by atoms with Gasteiger partial charge in [-0.25, -0.2) is 0 Å². The Balaban J connectivity index is 2.20. The van der Waals surface area contributed by atoms with Crippen LogP contribution in [0.25, 0.3) is 0 Å². The van der Waals surface area contributed by atoms with E-state index in [1.165, 1.54) is 19.3 Å². The summed E-state index contributed by atoms with van der Waals surface area (Å²) in [4.78, 5) is 0. The normalized spacial score (nSPS) is 30.5. The van der Waals surface area contributed by atoms with Gasteiger partial charge >= 0.3 is 0 Å². The number of thiol groups is 1. The molecule has 0 saturated carbocycles. The zero-order chi connectivity index (χ0) is 8.81. The smallest absolute Gasteiger partial charge is 0.0203 e. The predicted molar refractivity (Wildman–Crippen MR) is 57.0 cm³/mol. The second kappa shape index (κ2) is 5.84. The largest absolute Gasteiger partial charge is 0.314 e. The summed E-state index contributed by atoms with van der Waals surface area (Å²) < 4.78 is 0. The molecule has 1 aliphatic heterocycles. The van der Waals surface area contributed by atoms with Crippen LogP contribution in [0.3, 0.4) is 0 Å². The standard InChI is InChI=1S/C9H20N2S/c1-2-3-8-6-10-7-9(11-8)4-5-12/h8-12H,2-7H2,1H3/t8-,9?/m0/s1. The van der Waals surface area contributed by atoms with Gasteiger partial charge in [-0.3, -0.25) is 0 Å². The summed E-state index contributed by atoms with van der Waals surface area (Å²) in [6, 6.07) is 1.33. The molecule has 1 aliphatic rings. The van der Waals surface area contributed by atoms with E-state index in [1.54, 1.807) is 0 Å². The van der Waals surface area contributed by atoms with Gasteiger partial charge < -0.3 is 10.6 Å². The van der Waals surface area contributed by atoms with Crippen LogP contribution in [0.4, 0.5) is 0 Å². The summed E-state index contributed by atoms with van der Waals surface area (Å²) in [5, 5.41) is 7.10. The predicted octanol–water partition coefficient (Wildman–Crippen LogP) is 1.04. The highest BCUT2D eigenvalue weighted by Gasteiger charge is 2.18. The van der Waals surface area contributed by atoms with Crippen LogP contribution in [-0.4, -0.2) is 30.9 Å². The van der Waals surface area contributed by atoms with E-state index in [-0.39, 0.29) is 0 Å². The van der Waals surface area contributed by atoms with Gasteiger partial charge in [0.1, 0.15) is 0 Å². The average molecular weight is 188 g/mol. The molecule has 1 unspecified atom stereocenters. The molecule has 72 valence electrons. The summed E-state index contributed by atoms with van der Waals surface area (Å²) >= 11 is 4.24. The molecule has 0 amide bonds. The van der Waals surface area contributed by atoms with Gasteiger partial charge in [0.25, 0.3) is 0 Å². The second-order valence-corrected chi connectivity index (χ2v) is 3.97. The van der Waals surface area contributed by atoms with E-state index < -0.39 is 0 Å². The summed E-state index contributed by atoms with van der Waals surface area (Å²) in [7, 11) is 0. The van der Waals surface area contributed by atoms with E-state index in [4.69, 9.17) is 0 Å². The fraction of sp³-hybridized carbons (Fsp3) is 1.00. The number of nitrogens with one attached hydrogen (secondary N) is 2. The number of hydrogen-bond acceptors (Lipinski definition) is 3. The Morgan fingerprint density at radius 2 is 1.92 bits per heavy atom. The molecule has 0 aromatic rings. The zero-order valence-electron chi connectivity index (χ0n) is 7.84. The van der Waals surface area contributed by atoms with Gasteiger partial charge in [0.05, 0.1) is 0 Å². The van der Waals surface area contributed by atoms with Crippen LogP contribution >= 0.6 is 12.6 Å². The summed E-state index contributed by atoms with van der Waals surface area (Å²) in [5.74, 6) is 0.984. The van der Waals surface area contributed by atoms with Gasteiger partial charge in [-0.15, -0.1) is 0 Å². The first-order valence-corrected chi connectivity index (χ1v) is 5.57. The minimum absolute atomic E-state index is 0.646. The second-order valence-electron chi connectivity index (χ2n) is 3.52. The van der Waals surface area contributed by atoms with Crippen molar-refractivity contribution in [3.63, 3.8) is 0 Å². The Labute approximate surface area is 80.9 Å². The molecular formula is C9H20N2S. The lowest BCUT2D eigenvalue weighted by molar-refractivity contribution is 0.319. The Kier molecular flexibility index (Phi) is 5.04. The first-order valence-electron chi connectivity index (χ1n) is 4.94. The Morgan fingerprint density at radius 1 is 1.25 bits per heavy atom. The maximum Gasteiger partial charge on any atom is 0.0203 e. The average Bonchev–Trinajstić information content (AvgIpc) is 2.06. The monoisotopic (exact) mass is 188 g/mol. The van der Waals surface area contributed by atoms with Crippen LogP contribution in [-0.2, 0) is 0 Å². The van der Waals surface area contributed by atoms with E-state index in [2.05, 4.69) is 30.2 Å². The van der Waals surface area contributed by atoms with Gasteiger partial charge in [-0.05, 0) is 18.6 Å². The third kappa shape index (κ3) is 3.33. The van der Waals surface area contributed by atoms with Crippen molar-refractivity contribution in [3.8, 4) is 0 Å². The van der Waals surface area contributed by atoms with Crippen molar-refractivity contribution >= 4 is 12.6 Å². The van der Waals surface area contributed by atoms with Crippen molar-refractivity contribution in [3.05, 3.63) is 0 Å². The molecule has 1 fully saturated rings. The van der Waals surface area contributed by atoms with Crippen LogP contribution in [0.15, 0.2) is 0 Å². The topological polar surface area (TPSA) is 24.1 Å². The molecule has 1 heterocycles. The molecular weight excluding hydrogens is 168 g/mol. The van der Waals surface area contributed by atoms with Crippen molar-refractivity contribution in [2.45, 2.75) is 38.3 Å². The fourth-order valence-electron chi connectivity index (χ4n) is 1.76. The lowest BCUT2D eigenvalue weighted by Gasteiger charge is -2.31. The Morgan fingerprint density at radius 3 is 2.50 bits per heavy atom. The van der Waals surface area contributed by atoms with Crippen LogP contribution in [0.1, 0.15) is 26.2 Å². The van der Waals surface area contributed by atoms with Crippen LogP contribution in [0.5, 0.6) is 0 Å². The summed E-state index contributed by atoms with van der Waals surface area (Å²) in [6.45, 7) is 4.49. The molecule has 0 aromatic heterocycles. The highest BCUT2D eigenvalue weighted by molar-refractivity contribution is 7.80. The molecule has 3 heteroatoms. The minimum atomic E-state index is 0.646.